The molecular formula is C15H22Cl2N4O2S. The molecule has 24 heavy (non-hydrogen) atoms. The number of nitrogens with zero attached hydrogens (tertiary/aromatic N) is 3. The second kappa shape index (κ2) is 9.36. The van der Waals surface area contributed by atoms with Crippen LogP contribution in [0.1, 0.15) is 23.2 Å². The van der Waals surface area contributed by atoms with Crippen molar-refractivity contribution in [3.8, 4) is 0 Å². The molecule has 0 saturated carbocycles. The summed E-state index contributed by atoms with van der Waals surface area (Å²) < 4.78 is 7.66. The van der Waals surface area contributed by atoms with Gasteiger partial charge in [0.15, 0.2) is 10.9 Å². The molecule has 1 N–H and O–H groups in total. The van der Waals surface area contributed by atoms with Crippen LogP contribution in [0, 0.1) is 0 Å². The molecule has 1 aliphatic heterocycles. The van der Waals surface area contributed by atoms with Gasteiger partial charge < -0.3 is 19.2 Å². The quantitative estimate of drug-likeness (QED) is 0.809. The average molecular weight is 393 g/mol. The summed E-state index contributed by atoms with van der Waals surface area (Å²) in [7, 11) is 1.96. The first-order valence-corrected chi connectivity index (χ1v) is 8.33. The van der Waals surface area contributed by atoms with E-state index in [-0.39, 0.29) is 30.7 Å². The molecular weight excluding hydrogens is 371 g/mol. The molecule has 1 saturated heterocycles. The predicted molar refractivity (Wildman–Crippen MR) is 99.3 cm³/mol. The first-order chi connectivity index (χ1) is 10.6. The van der Waals surface area contributed by atoms with Crippen LogP contribution in [0.4, 0.5) is 0 Å². The van der Waals surface area contributed by atoms with Gasteiger partial charge in [-0.25, -0.2) is 4.98 Å². The highest BCUT2D eigenvalue weighted by Gasteiger charge is 2.23. The van der Waals surface area contributed by atoms with Crippen molar-refractivity contribution in [2.24, 2.45) is 7.05 Å². The van der Waals surface area contributed by atoms with Crippen molar-refractivity contribution < 1.29 is 9.21 Å². The van der Waals surface area contributed by atoms with E-state index in [1.165, 1.54) is 0 Å². The topological polar surface area (TPSA) is 63.3 Å². The zero-order valence-corrected chi connectivity index (χ0v) is 16.0. The van der Waals surface area contributed by atoms with Crippen LogP contribution in [-0.2, 0) is 12.8 Å². The number of rotatable bonds is 4. The number of hydrogen-bond donors (Lipinski definition) is 1. The highest BCUT2D eigenvalue weighted by atomic mass is 35.5. The van der Waals surface area contributed by atoms with E-state index in [1.54, 1.807) is 24.0 Å². The third-order valence-electron chi connectivity index (χ3n) is 3.65. The molecule has 0 radical (unpaired) electrons. The lowest BCUT2D eigenvalue weighted by Crippen LogP contribution is -2.51. The molecule has 0 bridgehead atoms. The lowest BCUT2D eigenvalue weighted by atomic mass is 10.2. The van der Waals surface area contributed by atoms with E-state index < -0.39 is 0 Å². The molecule has 0 spiro atoms. The largest absolute Gasteiger partial charge is 0.455 e. The number of piperazine rings is 1. The number of imidazole rings is 1. The Hall–Kier alpha value is -1.15. The van der Waals surface area contributed by atoms with Crippen molar-refractivity contribution in [3.05, 3.63) is 36.0 Å². The molecule has 1 unspecified atom stereocenters. The average Bonchev–Trinajstić information content (AvgIpc) is 3.13. The molecule has 9 heteroatoms. The Morgan fingerprint density at radius 1 is 1.46 bits per heavy atom. The van der Waals surface area contributed by atoms with E-state index in [0.29, 0.717) is 17.6 Å². The van der Waals surface area contributed by atoms with Crippen LogP contribution in [0.3, 0.4) is 0 Å². The van der Waals surface area contributed by atoms with E-state index in [2.05, 4.69) is 17.2 Å². The molecule has 0 aromatic carbocycles. The summed E-state index contributed by atoms with van der Waals surface area (Å²) in [5.41, 5.74) is 0. The molecule has 134 valence electrons. The number of nitrogens with one attached hydrogen (secondary N) is 1. The summed E-state index contributed by atoms with van der Waals surface area (Å²) in [5, 5.41) is 4.26. The second-order valence-corrected chi connectivity index (χ2v) is 6.42. The van der Waals surface area contributed by atoms with Crippen LogP contribution in [0.2, 0.25) is 0 Å². The third kappa shape index (κ3) is 4.92. The lowest BCUT2D eigenvalue weighted by molar-refractivity contribution is 0.0675. The maximum absolute atomic E-state index is 12.4. The molecule has 2 aromatic rings. The number of hydrogen-bond acceptors (Lipinski definition) is 5. The summed E-state index contributed by atoms with van der Waals surface area (Å²) in [6.07, 6.45) is 3.68. The second-order valence-electron chi connectivity index (χ2n) is 5.48. The van der Waals surface area contributed by atoms with Gasteiger partial charge in [-0.2, -0.15) is 0 Å². The number of thioether (sulfide) groups is 1. The lowest BCUT2D eigenvalue weighted by Gasteiger charge is -2.31. The van der Waals surface area contributed by atoms with Gasteiger partial charge >= 0.3 is 0 Å². The fourth-order valence-corrected chi connectivity index (χ4v) is 3.30. The SMILES string of the molecule is CC1CN(C(=O)c2ccc(CSc3nccn3C)o2)CCN1.Cl.Cl. The van der Waals surface area contributed by atoms with Crippen molar-refractivity contribution in [1.29, 1.82) is 0 Å². The zero-order valence-electron chi connectivity index (χ0n) is 13.6. The summed E-state index contributed by atoms with van der Waals surface area (Å²) in [6.45, 7) is 4.35. The summed E-state index contributed by atoms with van der Waals surface area (Å²) >= 11 is 1.59. The third-order valence-corrected chi connectivity index (χ3v) is 4.73. The zero-order chi connectivity index (χ0) is 15.5. The van der Waals surface area contributed by atoms with Gasteiger partial charge in [0.05, 0.1) is 5.75 Å². The van der Waals surface area contributed by atoms with Gasteiger partial charge in [0.25, 0.3) is 5.91 Å². The monoisotopic (exact) mass is 392 g/mol. The maximum Gasteiger partial charge on any atom is 0.289 e. The van der Waals surface area contributed by atoms with Gasteiger partial charge in [0.1, 0.15) is 5.76 Å². The fraction of sp³-hybridized carbons (Fsp3) is 0.467. The first kappa shape index (κ1) is 20.9. The number of amides is 1. The number of furan rings is 1. The number of halogens is 2. The number of aryl methyl sites for hydroxylation is 1. The van der Waals surface area contributed by atoms with E-state index >= 15 is 0 Å². The number of carbonyl (C=O) groups is 1. The molecule has 1 amide bonds. The predicted octanol–water partition coefficient (Wildman–Crippen LogP) is 2.58. The fourth-order valence-electron chi connectivity index (χ4n) is 2.47. The van der Waals surface area contributed by atoms with E-state index in [1.807, 2.05) is 28.8 Å². The minimum Gasteiger partial charge on any atom is -0.455 e. The van der Waals surface area contributed by atoms with E-state index in [9.17, 15) is 4.79 Å². The molecule has 3 heterocycles. The number of aromatic nitrogens is 2. The highest BCUT2D eigenvalue weighted by molar-refractivity contribution is 7.98. The van der Waals surface area contributed by atoms with Crippen molar-refractivity contribution in [1.82, 2.24) is 19.8 Å². The normalized spacial score (nSPS) is 17.1. The van der Waals surface area contributed by atoms with E-state index in [4.69, 9.17) is 4.42 Å². The summed E-state index contributed by atoms with van der Waals surface area (Å²) in [5.74, 6) is 1.85. The minimum absolute atomic E-state index is 0. The molecule has 6 nitrogen and oxygen atoms in total. The Morgan fingerprint density at radius 2 is 2.25 bits per heavy atom. The van der Waals surface area contributed by atoms with Gasteiger partial charge in [0, 0.05) is 45.1 Å². The Bertz CT molecular complexity index is 661. The van der Waals surface area contributed by atoms with Gasteiger partial charge in [-0.3, -0.25) is 4.79 Å². The standard InChI is InChI=1S/C15H20N4O2S.2ClH/c1-11-9-19(8-6-16-11)14(20)13-4-3-12(21-13)10-22-15-17-5-7-18(15)2;;/h3-5,7,11,16H,6,8-10H2,1-2H3;2*1H. The van der Waals surface area contributed by atoms with Crippen molar-refractivity contribution >= 4 is 42.5 Å². The van der Waals surface area contributed by atoms with Gasteiger partial charge in [0.2, 0.25) is 0 Å². The Kier molecular flexibility index (Phi) is 8.15. The minimum atomic E-state index is -0.0263. The van der Waals surface area contributed by atoms with Gasteiger partial charge in [-0.05, 0) is 19.1 Å². The summed E-state index contributed by atoms with van der Waals surface area (Å²) in [4.78, 5) is 18.5. The van der Waals surface area contributed by atoms with Gasteiger partial charge in [-0.1, -0.05) is 11.8 Å². The van der Waals surface area contributed by atoms with Crippen molar-refractivity contribution in [2.75, 3.05) is 19.6 Å². The first-order valence-electron chi connectivity index (χ1n) is 7.35. The van der Waals surface area contributed by atoms with Crippen LogP contribution >= 0.6 is 36.6 Å². The van der Waals surface area contributed by atoms with Crippen LogP contribution in [-0.4, -0.2) is 46.0 Å². The Balaban J connectivity index is 0.00000144. The molecule has 1 fully saturated rings. The van der Waals surface area contributed by atoms with Gasteiger partial charge in [-0.15, -0.1) is 24.8 Å². The number of carbonyl (C=O) groups excluding carboxylic acids is 1. The Labute approximate surface area is 158 Å². The smallest absolute Gasteiger partial charge is 0.289 e. The molecule has 1 aliphatic rings. The highest BCUT2D eigenvalue weighted by Crippen LogP contribution is 2.22. The van der Waals surface area contributed by atoms with Crippen molar-refractivity contribution in [3.63, 3.8) is 0 Å². The van der Waals surface area contributed by atoms with Crippen LogP contribution in [0.5, 0.6) is 0 Å². The molecule has 3 rings (SSSR count). The van der Waals surface area contributed by atoms with E-state index in [0.717, 1.165) is 30.6 Å². The van der Waals surface area contributed by atoms with Crippen LogP contribution < -0.4 is 5.32 Å². The summed E-state index contributed by atoms with van der Waals surface area (Å²) in [6, 6.07) is 3.96. The molecule has 2 aromatic heterocycles. The Morgan fingerprint density at radius 3 is 2.92 bits per heavy atom. The van der Waals surface area contributed by atoms with Crippen LogP contribution in [0.15, 0.2) is 34.1 Å². The van der Waals surface area contributed by atoms with Crippen molar-refractivity contribution in [2.45, 2.75) is 23.9 Å². The molecule has 1 atom stereocenters. The van der Waals surface area contributed by atoms with Crippen LogP contribution in [0.25, 0.3) is 0 Å². The molecule has 0 aliphatic carbocycles. The maximum atomic E-state index is 12.4.